The molecule has 0 fully saturated rings. The lowest BCUT2D eigenvalue weighted by molar-refractivity contribution is 0.644. The minimum absolute atomic E-state index is 0.0302. The fourth-order valence-electron chi connectivity index (χ4n) is 8.01. The van der Waals surface area contributed by atoms with Crippen LogP contribution in [0, 0.1) is 0 Å². The number of fused-ring (bicyclic) bond motifs is 12. The highest BCUT2D eigenvalue weighted by Crippen LogP contribution is 2.53. The van der Waals surface area contributed by atoms with Gasteiger partial charge < -0.3 is 0 Å². The largest absolute Gasteiger partial charge is 0.292 e. The normalized spacial score (nSPS) is 15.3. The van der Waals surface area contributed by atoms with Crippen LogP contribution in [0.25, 0.3) is 61.1 Å². The lowest BCUT2D eigenvalue weighted by atomic mass is 9.74. The zero-order chi connectivity index (χ0) is 29.1. The Morgan fingerprint density at radius 2 is 1.23 bits per heavy atom. The highest BCUT2D eigenvalue weighted by Gasteiger charge is 2.38. The number of aromatic nitrogens is 2. The Morgan fingerprint density at radius 1 is 0.535 bits per heavy atom. The molecule has 2 nitrogen and oxygen atoms in total. The Labute approximate surface area is 252 Å². The molecule has 9 rings (SSSR count). The lowest BCUT2D eigenvalue weighted by Crippen LogP contribution is -2.20. The first-order chi connectivity index (χ1) is 20.9. The standard InChI is InChI=1S/C41H32N2/c1-40(2)30-16-8-7-14-29(30)37-28(15-11-17-31(37)40)26-21-23-35-33(24-26)41(3,4)32-22-20-25-12-5-6-13-27(25)38(32)39-42-34-18-9-10-19-36(34)43(35)39/h5-24H,1-4H3. The highest BCUT2D eigenvalue weighted by molar-refractivity contribution is 6.01. The van der Waals surface area contributed by atoms with E-state index in [9.17, 15) is 0 Å². The summed E-state index contributed by atoms with van der Waals surface area (Å²) < 4.78 is 2.41. The molecule has 206 valence electrons. The molecule has 0 saturated heterocycles. The lowest BCUT2D eigenvalue weighted by Gasteiger charge is -2.29. The van der Waals surface area contributed by atoms with Crippen molar-refractivity contribution in [2.75, 3.05) is 0 Å². The van der Waals surface area contributed by atoms with Crippen LogP contribution in [0.4, 0.5) is 0 Å². The van der Waals surface area contributed by atoms with Crippen molar-refractivity contribution in [2.24, 2.45) is 0 Å². The van der Waals surface area contributed by atoms with Gasteiger partial charge >= 0.3 is 0 Å². The van der Waals surface area contributed by atoms with E-state index < -0.39 is 0 Å². The zero-order valence-electron chi connectivity index (χ0n) is 24.9. The smallest absolute Gasteiger partial charge is 0.146 e. The molecule has 6 aromatic carbocycles. The molecule has 7 aromatic rings. The van der Waals surface area contributed by atoms with Crippen molar-refractivity contribution in [2.45, 2.75) is 38.5 Å². The van der Waals surface area contributed by atoms with Gasteiger partial charge in [-0.15, -0.1) is 0 Å². The number of para-hydroxylation sites is 2. The molecule has 0 atom stereocenters. The van der Waals surface area contributed by atoms with Crippen LogP contribution < -0.4 is 0 Å². The Bertz CT molecular complexity index is 2300. The van der Waals surface area contributed by atoms with Crippen LogP contribution in [-0.2, 0) is 10.8 Å². The third-order valence-electron chi connectivity index (χ3n) is 10.2. The number of imidazole rings is 1. The van der Waals surface area contributed by atoms with Gasteiger partial charge in [0.05, 0.1) is 16.7 Å². The zero-order valence-corrected chi connectivity index (χ0v) is 24.9. The van der Waals surface area contributed by atoms with Crippen molar-refractivity contribution >= 4 is 21.8 Å². The monoisotopic (exact) mass is 552 g/mol. The van der Waals surface area contributed by atoms with E-state index >= 15 is 0 Å². The predicted octanol–water partition coefficient (Wildman–Crippen LogP) is 10.5. The Morgan fingerprint density at radius 3 is 2.14 bits per heavy atom. The summed E-state index contributed by atoms with van der Waals surface area (Å²) in [7, 11) is 0. The summed E-state index contributed by atoms with van der Waals surface area (Å²) in [6.45, 7) is 9.47. The van der Waals surface area contributed by atoms with E-state index in [1.165, 1.54) is 66.5 Å². The number of nitrogens with zero attached hydrogens (tertiary/aromatic N) is 2. The van der Waals surface area contributed by atoms with Crippen LogP contribution in [-0.4, -0.2) is 9.55 Å². The first-order valence-electron chi connectivity index (χ1n) is 15.2. The first kappa shape index (κ1) is 24.6. The maximum Gasteiger partial charge on any atom is 0.146 e. The van der Waals surface area contributed by atoms with Gasteiger partial charge in [-0.3, -0.25) is 4.57 Å². The quantitative estimate of drug-likeness (QED) is 0.198. The topological polar surface area (TPSA) is 17.8 Å². The van der Waals surface area contributed by atoms with Gasteiger partial charge in [0, 0.05) is 16.4 Å². The van der Waals surface area contributed by atoms with Gasteiger partial charge in [-0.05, 0) is 79.5 Å². The second kappa shape index (κ2) is 8.33. The maximum atomic E-state index is 5.30. The molecule has 43 heavy (non-hydrogen) atoms. The summed E-state index contributed by atoms with van der Waals surface area (Å²) in [5.74, 6) is 1.02. The second-order valence-corrected chi connectivity index (χ2v) is 13.2. The molecule has 1 aromatic heterocycles. The molecular weight excluding hydrogens is 520 g/mol. The fourth-order valence-corrected chi connectivity index (χ4v) is 8.01. The van der Waals surface area contributed by atoms with Crippen molar-refractivity contribution in [1.82, 2.24) is 9.55 Å². The predicted molar refractivity (Wildman–Crippen MR) is 179 cm³/mol. The van der Waals surface area contributed by atoms with Crippen LogP contribution >= 0.6 is 0 Å². The van der Waals surface area contributed by atoms with Crippen molar-refractivity contribution in [3.63, 3.8) is 0 Å². The van der Waals surface area contributed by atoms with Gasteiger partial charge in [-0.1, -0.05) is 125 Å². The number of rotatable bonds is 1. The molecule has 2 aliphatic rings. The third-order valence-corrected chi connectivity index (χ3v) is 10.2. The highest BCUT2D eigenvalue weighted by atomic mass is 15.1. The Balaban J connectivity index is 1.38. The minimum Gasteiger partial charge on any atom is -0.292 e. The summed E-state index contributed by atoms with van der Waals surface area (Å²) >= 11 is 0. The molecule has 0 amide bonds. The van der Waals surface area contributed by atoms with Crippen molar-refractivity contribution in [1.29, 1.82) is 0 Å². The molecule has 0 N–H and O–H groups in total. The van der Waals surface area contributed by atoms with Crippen molar-refractivity contribution < 1.29 is 0 Å². The van der Waals surface area contributed by atoms with E-state index in [1.54, 1.807) is 0 Å². The molecule has 0 saturated carbocycles. The second-order valence-electron chi connectivity index (χ2n) is 13.2. The van der Waals surface area contributed by atoms with E-state index in [1.807, 2.05) is 0 Å². The SMILES string of the molecule is CC1(C)c2ccccc2-c2c(-c3ccc4c(c3)C(C)(C)c3ccc5ccccc5c3-c3nc5ccccc5n3-4)cccc21. The molecule has 0 bridgehead atoms. The number of hydrogen-bond acceptors (Lipinski definition) is 1. The van der Waals surface area contributed by atoms with Crippen LogP contribution in [0.3, 0.4) is 0 Å². The van der Waals surface area contributed by atoms with Gasteiger partial charge in [0.1, 0.15) is 5.82 Å². The molecule has 2 heterocycles. The summed E-state index contributed by atoms with van der Waals surface area (Å²) in [4.78, 5) is 5.30. The first-order valence-corrected chi connectivity index (χ1v) is 15.2. The molecule has 1 aliphatic heterocycles. The molecule has 0 spiro atoms. The molecular formula is C41H32N2. The summed E-state index contributed by atoms with van der Waals surface area (Å²) in [5.41, 5.74) is 15.0. The van der Waals surface area contributed by atoms with Gasteiger partial charge in [0.2, 0.25) is 0 Å². The number of hydrogen-bond donors (Lipinski definition) is 0. The Kier molecular flexibility index (Phi) is 4.77. The van der Waals surface area contributed by atoms with Crippen LogP contribution in [0.1, 0.15) is 49.9 Å². The van der Waals surface area contributed by atoms with E-state index in [4.69, 9.17) is 4.98 Å². The maximum absolute atomic E-state index is 5.30. The van der Waals surface area contributed by atoms with E-state index in [0.717, 1.165) is 16.9 Å². The van der Waals surface area contributed by atoms with Gasteiger partial charge in [0.25, 0.3) is 0 Å². The fraction of sp³-hybridized carbons (Fsp3) is 0.146. The van der Waals surface area contributed by atoms with Gasteiger partial charge in [-0.25, -0.2) is 4.98 Å². The minimum atomic E-state index is -0.262. The van der Waals surface area contributed by atoms with Gasteiger partial charge in [-0.2, -0.15) is 0 Å². The van der Waals surface area contributed by atoms with E-state index in [-0.39, 0.29) is 10.8 Å². The average molecular weight is 553 g/mol. The molecule has 0 radical (unpaired) electrons. The summed E-state index contributed by atoms with van der Waals surface area (Å²) in [6, 6.07) is 44.8. The van der Waals surface area contributed by atoms with E-state index in [0.29, 0.717) is 0 Å². The van der Waals surface area contributed by atoms with Crippen LogP contribution in [0.15, 0.2) is 121 Å². The Hall–Kier alpha value is -4.95. The van der Waals surface area contributed by atoms with Crippen molar-refractivity contribution in [3.05, 3.63) is 144 Å². The summed E-state index contributed by atoms with van der Waals surface area (Å²) in [6.07, 6.45) is 0. The molecule has 0 unspecified atom stereocenters. The summed E-state index contributed by atoms with van der Waals surface area (Å²) in [5, 5.41) is 2.49. The molecule has 2 heteroatoms. The van der Waals surface area contributed by atoms with Crippen LogP contribution in [0.5, 0.6) is 0 Å². The van der Waals surface area contributed by atoms with E-state index in [2.05, 4.69) is 154 Å². The van der Waals surface area contributed by atoms with Crippen molar-refractivity contribution in [3.8, 4) is 39.3 Å². The third kappa shape index (κ3) is 3.16. The average Bonchev–Trinajstić information content (AvgIpc) is 3.50. The number of benzene rings is 6. The molecule has 1 aliphatic carbocycles. The van der Waals surface area contributed by atoms with Gasteiger partial charge in [0.15, 0.2) is 0 Å². The van der Waals surface area contributed by atoms with Crippen LogP contribution in [0.2, 0.25) is 0 Å².